The SMILES string of the molecule is O=C(NCCN1C(=O)N=C2N=CC=CC2C1=O)c1ccoc1. The van der Waals surface area contributed by atoms with Gasteiger partial charge in [0.2, 0.25) is 5.91 Å². The number of hydrogen-bond donors (Lipinski definition) is 1. The van der Waals surface area contributed by atoms with Crippen molar-refractivity contribution >= 4 is 29.9 Å². The smallest absolute Gasteiger partial charge is 0.352 e. The third-order valence-electron chi connectivity index (χ3n) is 3.25. The minimum Gasteiger partial charge on any atom is -0.472 e. The lowest BCUT2D eigenvalue weighted by atomic mass is 10.0. The van der Waals surface area contributed by atoms with Crippen LogP contribution >= 0.6 is 0 Å². The number of allylic oxidation sites excluding steroid dienone is 1. The number of nitrogens with zero attached hydrogens (tertiary/aromatic N) is 3. The van der Waals surface area contributed by atoms with E-state index in [1.165, 1.54) is 24.8 Å². The number of amides is 4. The second-order valence-corrected chi connectivity index (χ2v) is 4.65. The van der Waals surface area contributed by atoms with Gasteiger partial charge in [-0.05, 0) is 12.1 Å². The lowest BCUT2D eigenvalue weighted by Crippen LogP contribution is -2.48. The summed E-state index contributed by atoms with van der Waals surface area (Å²) in [5, 5.41) is 2.60. The Labute approximate surface area is 125 Å². The highest BCUT2D eigenvalue weighted by atomic mass is 16.3. The van der Waals surface area contributed by atoms with Crippen LogP contribution in [0.2, 0.25) is 0 Å². The Balaban J connectivity index is 1.61. The van der Waals surface area contributed by atoms with E-state index in [0.29, 0.717) is 5.56 Å². The lowest BCUT2D eigenvalue weighted by Gasteiger charge is -2.27. The van der Waals surface area contributed by atoms with Crippen LogP contribution in [0.1, 0.15) is 10.4 Å². The molecule has 3 heterocycles. The molecule has 0 aliphatic carbocycles. The normalized spacial score (nSPS) is 19.9. The van der Waals surface area contributed by atoms with Crippen LogP contribution in [0, 0.1) is 5.92 Å². The average molecular weight is 300 g/mol. The first-order chi connectivity index (χ1) is 10.7. The van der Waals surface area contributed by atoms with Crippen molar-refractivity contribution in [3.8, 4) is 0 Å². The number of imide groups is 1. The third-order valence-corrected chi connectivity index (χ3v) is 3.25. The maximum Gasteiger partial charge on any atom is 0.352 e. The highest BCUT2D eigenvalue weighted by molar-refractivity contribution is 6.19. The van der Waals surface area contributed by atoms with Crippen LogP contribution in [0.25, 0.3) is 0 Å². The summed E-state index contributed by atoms with van der Waals surface area (Å²) >= 11 is 0. The minimum atomic E-state index is -0.665. The fourth-order valence-corrected chi connectivity index (χ4v) is 2.14. The Morgan fingerprint density at radius 2 is 2.27 bits per heavy atom. The van der Waals surface area contributed by atoms with E-state index in [1.54, 1.807) is 12.2 Å². The minimum absolute atomic E-state index is 0.0477. The molecule has 4 amide bonds. The number of nitrogens with one attached hydrogen (secondary N) is 1. The zero-order valence-electron chi connectivity index (χ0n) is 11.4. The number of carbonyl (C=O) groups is 3. The molecule has 112 valence electrons. The number of hydrogen-bond acceptors (Lipinski definition) is 5. The predicted octanol–water partition coefficient (Wildman–Crippen LogP) is 0.627. The average Bonchev–Trinajstić information content (AvgIpc) is 3.05. The summed E-state index contributed by atoms with van der Waals surface area (Å²) in [6.07, 6.45) is 7.46. The summed E-state index contributed by atoms with van der Waals surface area (Å²) < 4.78 is 4.81. The molecule has 8 nitrogen and oxygen atoms in total. The van der Waals surface area contributed by atoms with Crippen molar-refractivity contribution in [3.05, 3.63) is 36.3 Å². The van der Waals surface area contributed by atoms with Gasteiger partial charge in [0.05, 0.1) is 11.8 Å². The third kappa shape index (κ3) is 2.58. The second-order valence-electron chi connectivity index (χ2n) is 4.65. The van der Waals surface area contributed by atoms with E-state index in [2.05, 4.69) is 15.3 Å². The maximum atomic E-state index is 12.2. The molecule has 0 bridgehead atoms. The standard InChI is InChI=1S/C14H12N4O4/c19-12(9-3-7-22-8-9)16-5-6-18-13(20)10-2-1-4-15-11(10)17-14(18)21/h1-4,7-8,10H,5-6H2,(H,16,19). The molecule has 2 aliphatic rings. The van der Waals surface area contributed by atoms with E-state index >= 15 is 0 Å². The summed E-state index contributed by atoms with van der Waals surface area (Å²) in [6.45, 7) is 0.179. The van der Waals surface area contributed by atoms with Crippen LogP contribution in [0.3, 0.4) is 0 Å². The molecule has 1 aromatic heterocycles. The van der Waals surface area contributed by atoms with E-state index in [-0.39, 0.29) is 30.7 Å². The zero-order valence-corrected chi connectivity index (χ0v) is 11.4. The number of rotatable bonds is 4. The molecule has 0 saturated carbocycles. The van der Waals surface area contributed by atoms with Crippen molar-refractivity contribution in [2.75, 3.05) is 13.1 Å². The molecule has 0 saturated heterocycles. The molecule has 3 rings (SSSR count). The number of amidine groups is 1. The monoisotopic (exact) mass is 300 g/mol. The van der Waals surface area contributed by atoms with Gasteiger partial charge in [-0.25, -0.2) is 9.79 Å². The van der Waals surface area contributed by atoms with E-state index in [9.17, 15) is 14.4 Å². The van der Waals surface area contributed by atoms with Crippen LogP contribution in [-0.4, -0.2) is 47.9 Å². The Kier molecular flexibility index (Phi) is 3.65. The van der Waals surface area contributed by atoms with Crippen molar-refractivity contribution in [1.82, 2.24) is 10.2 Å². The Bertz CT molecular complexity index is 702. The number of urea groups is 1. The maximum absolute atomic E-state index is 12.2. The first kappa shape index (κ1) is 13.9. The molecule has 0 spiro atoms. The van der Waals surface area contributed by atoms with Gasteiger partial charge in [-0.1, -0.05) is 6.08 Å². The number of aliphatic imine (C=N–C) groups is 2. The van der Waals surface area contributed by atoms with Crippen molar-refractivity contribution in [2.24, 2.45) is 15.9 Å². The van der Waals surface area contributed by atoms with E-state index in [4.69, 9.17) is 4.42 Å². The van der Waals surface area contributed by atoms with Crippen LogP contribution in [0.4, 0.5) is 4.79 Å². The van der Waals surface area contributed by atoms with Gasteiger partial charge in [-0.15, -0.1) is 0 Å². The van der Waals surface area contributed by atoms with E-state index in [1.807, 2.05) is 0 Å². The quantitative estimate of drug-likeness (QED) is 0.880. The summed E-state index contributed by atoms with van der Waals surface area (Å²) in [7, 11) is 0. The van der Waals surface area contributed by atoms with Crippen LogP contribution in [0.5, 0.6) is 0 Å². The van der Waals surface area contributed by atoms with E-state index in [0.717, 1.165) is 4.90 Å². The number of fused-ring (bicyclic) bond motifs is 1. The molecule has 8 heteroatoms. The second kappa shape index (κ2) is 5.76. The van der Waals surface area contributed by atoms with Gasteiger partial charge < -0.3 is 9.73 Å². The van der Waals surface area contributed by atoms with Gasteiger partial charge in [0.25, 0.3) is 5.91 Å². The zero-order chi connectivity index (χ0) is 15.5. The Hall–Kier alpha value is -3.03. The molecular weight excluding hydrogens is 288 g/mol. The molecule has 1 aromatic rings. The summed E-state index contributed by atoms with van der Waals surface area (Å²) in [6, 6.07) is 0.856. The van der Waals surface area contributed by atoms with Crippen LogP contribution < -0.4 is 5.32 Å². The molecule has 1 unspecified atom stereocenters. The van der Waals surface area contributed by atoms with Crippen molar-refractivity contribution in [3.63, 3.8) is 0 Å². The molecule has 0 fully saturated rings. The number of carbonyl (C=O) groups excluding carboxylic acids is 3. The van der Waals surface area contributed by atoms with Gasteiger partial charge in [-0.2, -0.15) is 4.99 Å². The predicted molar refractivity (Wildman–Crippen MR) is 76.7 cm³/mol. The van der Waals surface area contributed by atoms with Gasteiger partial charge in [0, 0.05) is 19.3 Å². The highest BCUT2D eigenvalue weighted by Gasteiger charge is 2.36. The lowest BCUT2D eigenvalue weighted by molar-refractivity contribution is -0.129. The highest BCUT2D eigenvalue weighted by Crippen LogP contribution is 2.18. The van der Waals surface area contributed by atoms with Gasteiger partial charge in [0.15, 0.2) is 0 Å². The molecule has 2 aliphatic heterocycles. The first-order valence-electron chi connectivity index (χ1n) is 6.62. The van der Waals surface area contributed by atoms with Crippen LogP contribution in [-0.2, 0) is 4.79 Å². The number of dihydropyridines is 1. The van der Waals surface area contributed by atoms with Crippen molar-refractivity contribution < 1.29 is 18.8 Å². The fourth-order valence-electron chi connectivity index (χ4n) is 2.14. The van der Waals surface area contributed by atoms with Crippen molar-refractivity contribution in [2.45, 2.75) is 0 Å². The summed E-state index contributed by atoms with van der Waals surface area (Å²) in [4.78, 5) is 44.5. The fraction of sp³-hybridized carbons (Fsp3) is 0.214. The molecular formula is C14H12N4O4. The first-order valence-corrected chi connectivity index (χ1v) is 6.62. The molecule has 1 N–H and O–H groups in total. The summed E-state index contributed by atoms with van der Waals surface area (Å²) in [5.74, 6) is -1.15. The number of furan rings is 1. The Morgan fingerprint density at radius 1 is 1.41 bits per heavy atom. The Morgan fingerprint density at radius 3 is 3.05 bits per heavy atom. The molecule has 0 radical (unpaired) electrons. The van der Waals surface area contributed by atoms with Crippen molar-refractivity contribution in [1.29, 1.82) is 0 Å². The largest absolute Gasteiger partial charge is 0.472 e. The van der Waals surface area contributed by atoms with Gasteiger partial charge in [0.1, 0.15) is 18.0 Å². The van der Waals surface area contributed by atoms with Crippen LogP contribution in [0.15, 0.2) is 45.1 Å². The van der Waals surface area contributed by atoms with Gasteiger partial charge in [-0.3, -0.25) is 14.5 Å². The topological polar surface area (TPSA) is 104 Å². The van der Waals surface area contributed by atoms with E-state index < -0.39 is 11.9 Å². The summed E-state index contributed by atoms with van der Waals surface area (Å²) in [5.41, 5.74) is 0.376. The molecule has 0 aromatic carbocycles. The molecule has 22 heavy (non-hydrogen) atoms. The molecule has 1 atom stereocenters. The van der Waals surface area contributed by atoms with Gasteiger partial charge >= 0.3 is 6.03 Å².